The highest BCUT2D eigenvalue weighted by atomic mass is 32.2. The average molecular weight is 426 g/mol. The standard InChI is InChI=1S/C20H25N3S.C6H14/c1-4-6-17(7-5-2)23-20-14-21-19(12-16(20)13-22-23)15-8-10-18(24-3)11-9-15;1-4-5-6(2)3/h8-14,17H,4-7H2,1-3H3;6H,4-5H2,1-3H3. The van der Waals surface area contributed by atoms with Gasteiger partial charge in [-0.3, -0.25) is 9.67 Å². The Hall–Kier alpha value is -1.81. The molecule has 0 aliphatic rings. The largest absolute Gasteiger partial charge is 0.260 e. The van der Waals surface area contributed by atoms with Gasteiger partial charge in [-0.25, -0.2) is 0 Å². The first-order valence-corrected chi connectivity index (χ1v) is 12.7. The third kappa shape index (κ3) is 6.87. The second-order valence-corrected chi connectivity index (χ2v) is 9.24. The molecule has 4 heteroatoms. The summed E-state index contributed by atoms with van der Waals surface area (Å²) in [5.74, 6) is 0.898. The first-order valence-electron chi connectivity index (χ1n) is 11.5. The quantitative estimate of drug-likeness (QED) is 0.322. The Morgan fingerprint density at radius 3 is 2.03 bits per heavy atom. The monoisotopic (exact) mass is 425 g/mol. The van der Waals surface area contributed by atoms with E-state index in [1.54, 1.807) is 11.8 Å². The van der Waals surface area contributed by atoms with Crippen molar-refractivity contribution >= 4 is 22.7 Å². The minimum atomic E-state index is 0.478. The smallest absolute Gasteiger partial charge is 0.0869 e. The van der Waals surface area contributed by atoms with Gasteiger partial charge in [-0.05, 0) is 43.2 Å². The summed E-state index contributed by atoms with van der Waals surface area (Å²) >= 11 is 1.76. The second-order valence-electron chi connectivity index (χ2n) is 8.36. The molecule has 0 saturated carbocycles. The molecule has 0 spiro atoms. The number of aromatic nitrogens is 3. The summed E-state index contributed by atoms with van der Waals surface area (Å²) in [6.07, 6.45) is 13.5. The summed E-state index contributed by atoms with van der Waals surface area (Å²) in [7, 11) is 0. The van der Waals surface area contributed by atoms with E-state index < -0.39 is 0 Å². The number of hydrogen-bond donors (Lipinski definition) is 0. The molecule has 3 aromatic rings. The van der Waals surface area contributed by atoms with Gasteiger partial charge in [0.05, 0.1) is 29.6 Å². The minimum Gasteiger partial charge on any atom is -0.260 e. The fourth-order valence-corrected chi connectivity index (χ4v) is 4.20. The Balaban J connectivity index is 0.000000469. The highest BCUT2D eigenvalue weighted by Gasteiger charge is 2.14. The van der Waals surface area contributed by atoms with Crippen LogP contribution in [0, 0.1) is 5.92 Å². The highest BCUT2D eigenvalue weighted by Crippen LogP contribution is 2.28. The SMILES string of the molecule is CCCC(C)C.CCCC(CCC)n1ncc2cc(-c3ccc(SC)cc3)ncc21. The molecule has 0 bridgehead atoms. The lowest BCUT2D eigenvalue weighted by molar-refractivity contribution is 0.402. The van der Waals surface area contributed by atoms with Gasteiger partial charge in [-0.15, -0.1) is 11.8 Å². The summed E-state index contributed by atoms with van der Waals surface area (Å²) in [5, 5.41) is 5.84. The van der Waals surface area contributed by atoms with Crippen LogP contribution in [0.3, 0.4) is 0 Å². The molecule has 0 fully saturated rings. The molecule has 164 valence electrons. The molecule has 3 nitrogen and oxygen atoms in total. The summed E-state index contributed by atoms with van der Waals surface area (Å²) in [6, 6.07) is 11.2. The maximum Gasteiger partial charge on any atom is 0.0869 e. The number of nitrogens with zero attached hydrogens (tertiary/aromatic N) is 3. The molecule has 0 unspecified atom stereocenters. The molecule has 0 N–H and O–H groups in total. The van der Waals surface area contributed by atoms with Crippen LogP contribution in [0.2, 0.25) is 0 Å². The summed E-state index contributed by atoms with van der Waals surface area (Å²) in [5.41, 5.74) is 3.31. The lowest BCUT2D eigenvalue weighted by Gasteiger charge is -2.17. The van der Waals surface area contributed by atoms with Crippen LogP contribution in [0.5, 0.6) is 0 Å². The van der Waals surface area contributed by atoms with E-state index in [2.05, 4.69) is 81.0 Å². The number of pyridine rings is 1. The fourth-order valence-electron chi connectivity index (χ4n) is 3.79. The molecule has 0 aliphatic carbocycles. The van der Waals surface area contributed by atoms with Gasteiger partial charge in [0.2, 0.25) is 0 Å². The van der Waals surface area contributed by atoms with Crippen LogP contribution in [0.1, 0.15) is 79.2 Å². The van der Waals surface area contributed by atoms with Crippen LogP contribution in [0.4, 0.5) is 0 Å². The van der Waals surface area contributed by atoms with Gasteiger partial charge in [0.1, 0.15) is 0 Å². The Kier molecular flexibility index (Phi) is 10.4. The third-order valence-electron chi connectivity index (χ3n) is 5.32. The van der Waals surface area contributed by atoms with Gasteiger partial charge in [0.15, 0.2) is 0 Å². The lowest BCUT2D eigenvalue weighted by atomic mass is 10.1. The van der Waals surface area contributed by atoms with Crippen molar-refractivity contribution in [1.29, 1.82) is 0 Å². The Morgan fingerprint density at radius 2 is 1.53 bits per heavy atom. The summed E-state index contributed by atoms with van der Waals surface area (Å²) < 4.78 is 2.18. The van der Waals surface area contributed by atoms with E-state index in [-0.39, 0.29) is 0 Å². The van der Waals surface area contributed by atoms with Crippen LogP contribution in [-0.2, 0) is 0 Å². The number of hydrogen-bond acceptors (Lipinski definition) is 3. The van der Waals surface area contributed by atoms with Crippen molar-refractivity contribution in [2.24, 2.45) is 5.92 Å². The molecule has 2 aromatic heterocycles. The fraction of sp³-hybridized carbons (Fsp3) is 0.538. The van der Waals surface area contributed by atoms with E-state index in [0.29, 0.717) is 6.04 Å². The Morgan fingerprint density at radius 1 is 0.900 bits per heavy atom. The van der Waals surface area contributed by atoms with Crippen LogP contribution in [0.15, 0.2) is 47.6 Å². The number of benzene rings is 1. The molecule has 30 heavy (non-hydrogen) atoms. The number of fused-ring (bicyclic) bond motifs is 1. The van der Waals surface area contributed by atoms with E-state index in [9.17, 15) is 0 Å². The molecular weight excluding hydrogens is 386 g/mol. The maximum absolute atomic E-state index is 4.70. The van der Waals surface area contributed by atoms with Gasteiger partial charge in [-0.2, -0.15) is 5.10 Å². The molecule has 1 aromatic carbocycles. The van der Waals surface area contributed by atoms with Crippen molar-refractivity contribution in [2.75, 3.05) is 6.26 Å². The maximum atomic E-state index is 4.70. The van der Waals surface area contributed by atoms with E-state index in [1.165, 1.54) is 48.8 Å². The first-order chi connectivity index (χ1) is 14.5. The zero-order valence-electron chi connectivity index (χ0n) is 19.7. The molecule has 0 aliphatic heterocycles. The first kappa shape index (κ1) is 24.5. The van der Waals surface area contributed by atoms with Crippen molar-refractivity contribution in [3.8, 4) is 11.3 Å². The van der Waals surface area contributed by atoms with Gasteiger partial charge >= 0.3 is 0 Å². The van der Waals surface area contributed by atoms with Gasteiger partial charge < -0.3 is 0 Å². The minimum absolute atomic E-state index is 0.478. The molecular formula is C26H39N3S. The van der Waals surface area contributed by atoms with Crippen molar-refractivity contribution in [1.82, 2.24) is 14.8 Å². The molecule has 0 amide bonds. The van der Waals surface area contributed by atoms with Crippen LogP contribution < -0.4 is 0 Å². The second kappa shape index (κ2) is 12.8. The number of rotatable bonds is 9. The molecule has 0 saturated heterocycles. The topological polar surface area (TPSA) is 30.7 Å². The predicted octanol–water partition coefficient (Wildman–Crippen LogP) is 8.40. The van der Waals surface area contributed by atoms with E-state index in [0.717, 1.165) is 22.7 Å². The molecule has 3 rings (SSSR count). The predicted molar refractivity (Wildman–Crippen MR) is 133 cm³/mol. The van der Waals surface area contributed by atoms with Crippen LogP contribution in [0.25, 0.3) is 22.2 Å². The Bertz CT molecular complexity index is 862. The Labute approximate surface area is 187 Å². The van der Waals surface area contributed by atoms with Crippen molar-refractivity contribution in [2.45, 2.75) is 84.1 Å². The van der Waals surface area contributed by atoms with Crippen molar-refractivity contribution in [3.05, 3.63) is 42.7 Å². The average Bonchev–Trinajstić information content (AvgIpc) is 3.17. The van der Waals surface area contributed by atoms with Crippen LogP contribution in [-0.4, -0.2) is 21.0 Å². The normalized spacial score (nSPS) is 11.2. The molecule has 0 atom stereocenters. The summed E-state index contributed by atoms with van der Waals surface area (Å²) in [4.78, 5) is 5.97. The van der Waals surface area contributed by atoms with Gasteiger partial charge in [-0.1, -0.05) is 72.4 Å². The van der Waals surface area contributed by atoms with E-state index in [4.69, 9.17) is 4.98 Å². The molecule has 2 heterocycles. The zero-order valence-corrected chi connectivity index (χ0v) is 20.5. The third-order valence-corrected chi connectivity index (χ3v) is 6.07. The lowest BCUT2D eigenvalue weighted by Crippen LogP contribution is -2.10. The molecule has 0 radical (unpaired) electrons. The van der Waals surface area contributed by atoms with Gasteiger partial charge in [0.25, 0.3) is 0 Å². The highest BCUT2D eigenvalue weighted by molar-refractivity contribution is 7.98. The van der Waals surface area contributed by atoms with Crippen LogP contribution >= 0.6 is 11.8 Å². The zero-order chi connectivity index (χ0) is 21.9. The van der Waals surface area contributed by atoms with E-state index >= 15 is 0 Å². The van der Waals surface area contributed by atoms with Crippen molar-refractivity contribution in [3.63, 3.8) is 0 Å². The summed E-state index contributed by atoms with van der Waals surface area (Å²) in [6.45, 7) is 11.2. The number of thioether (sulfide) groups is 1. The van der Waals surface area contributed by atoms with E-state index in [1.807, 2.05) is 12.4 Å². The van der Waals surface area contributed by atoms with Gasteiger partial charge in [0, 0.05) is 15.8 Å². The van der Waals surface area contributed by atoms with Crippen molar-refractivity contribution < 1.29 is 0 Å².